The largest absolute Gasteiger partial charge is 0.253 e. The number of fused-ring (bicyclic) bond motifs is 1. The molecule has 1 heterocycles. The highest BCUT2D eigenvalue weighted by Crippen LogP contribution is 2.12. The first-order valence-corrected chi connectivity index (χ1v) is 4.10. The van der Waals surface area contributed by atoms with Gasteiger partial charge in [-0.25, -0.2) is 0 Å². The van der Waals surface area contributed by atoms with Crippen LogP contribution in [0.25, 0.3) is 11.0 Å². The van der Waals surface area contributed by atoms with E-state index in [2.05, 4.69) is 23.9 Å². The second-order valence-electron chi connectivity index (χ2n) is 2.69. The molecule has 0 N–H and O–H groups in total. The van der Waals surface area contributed by atoms with Gasteiger partial charge in [0.1, 0.15) is 7.85 Å². The zero-order valence-electron chi connectivity index (χ0n) is 6.99. The van der Waals surface area contributed by atoms with Crippen LogP contribution in [0.3, 0.4) is 0 Å². The molecule has 0 atom stereocenters. The van der Waals surface area contributed by atoms with Gasteiger partial charge in [-0.3, -0.25) is 9.97 Å². The van der Waals surface area contributed by atoms with Crippen molar-refractivity contribution in [2.45, 2.75) is 6.32 Å². The predicted octanol–water partition coefficient (Wildman–Crippen LogP) is 0.763. The highest BCUT2D eigenvalue weighted by molar-refractivity contribution is 6.09. The van der Waals surface area contributed by atoms with Crippen LogP contribution >= 0.6 is 0 Å². The van der Waals surface area contributed by atoms with E-state index in [4.69, 9.17) is 0 Å². The second-order valence-corrected chi connectivity index (χ2v) is 2.69. The molecule has 2 rings (SSSR count). The average Bonchev–Trinajstić information content (AvgIpc) is 2.17. The van der Waals surface area contributed by atoms with Crippen molar-refractivity contribution in [2.75, 3.05) is 0 Å². The normalized spacial score (nSPS) is 10.3. The molecule has 0 saturated carbocycles. The Morgan fingerprint density at radius 1 is 1.17 bits per heavy atom. The lowest BCUT2D eigenvalue weighted by Gasteiger charge is -2.00. The van der Waals surface area contributed by atoms with Crippen molar-refractivity contribution in [1.82, 2.24) is 9.97 Å². The molecule has 0 bridgehead atoms. The SMILES string of the molecule is BCc1cccc2nccnc12. The predicted molar refractivity (Wildman–Crippen MR) is 51.8 cm³/mol. The molecule has 0 spiro atoms. The lowest BCUT2D eigenvalue weighted by Crippen LogP contribution is -1.89. The van der Waals surface area contributed by atoms with Gasteiger partial charge in [0, 0.05) is 12.4 Å². The third-order valence-corrected chi connectivity index (χ3v) is 1.96. The van der Waals surface area contributed by atoms with E-state index in [1.54, 1.807) is 12.4 Å². The van der Waals surface area contributed by atoms with Crippen LogP contribution in [0.1, 0.15) is 5.56 Å². The Kier molecular flexibility index (Phi) is 1.78. The number of hydrogen-bond acceptors (Lipinski definition) is 2. The van der Waals surface area contributed by atoms with Gasteiger partial charge in [-0.05, 0) is 11.6 Å². The Bertz CT molecular complexity index is 395. The number of para-hydroxylation sites is 1. The summed E-state index contributed by atoms with van der Waals surface area (Å²) in [6.45, 7) is 0. The molecule has 58 valence electrons. The first kappa shape index (κ1) is 7.28. The van der Waals surface area contributed by atoms with Gasteiger partial charge >= 0.3 is 0 Å². The zero-order chi connectivity index (χ0) is 8.39. The standard InChI is InChI=1S/C9H9BN2/c10-6-7-2-1-3-8-9(7)12-5-4-11-8/h1-5H,6,10H2. The van der Waals surface area contributed by atoms with E-state index >= 15 is 0 Å². The van der Waals surface area contributed by atoms with E-state index < -0.39 is 0 Å². The minimum atomic E-state index is 0.983. The molecule has 0 fully saturated rings. The number of nitrogens with zero attached hydrogens (tertiary/aromatic N) is 2. The fraction of sp³-hybridized carbons (Fsp3) is 0.111. The van der Waals surface area contributed by atoms with Crippen molar-refractivity contribution >= 4 is 18.9 Å². The van der Waals surface area contributed by atoms with E-state index in [0.717, 1.165) is 17.4 Å². The lowest BCUT2D eigenvalue weighted by atomic mass is 9.96. The number of hydrogen-bond donors (Lipinski definition) is 0. The van der Waals surface area contributed by atoms with E-state index in [-0.39, 0.29) is 0 Å². The number of aromatic nitrogens is 2. The van der Waals surface area contributed by atoms with Crippen LogP contribution in [0.5, 0.6) is 0 Å². The number of rotatable bonds is 1. The van der Waals surface area contributed by atoms with Crippen LogP contribution in [-0.2, 0) is 6.32 Å². The Balaban J connectivity index is 2.79. The third kappa shape index (κ3) is 1.07. The average molecular weight is 156 g/mol. The maximum atomic E-state index is 4.29. The quantitative estimate of drug-likeness (QED) is 0.569. The summed E-state index contributed by atoms with van der Waals surface area (Å²) in [5, 5.41) is 0. The zero-order valence-corrected chi connectivity index (χ0v) is 6.99. The van der Waals surface area contributed by atoms with Crippen LogP contribution in [0.15, 0.2) is 30.6 Å². The van der Waals surface area contributed by atoms with Crippen molar-refractivity contribution in [3.8, 4) is 0 Å². The molecule has 1 aromatic carbocycles. The van der Waals surface area contributed by atoms with Gasteiger partial charge in [0.25, 0.3) is 0 Å². The summed E-state index contributed by atoms with van der Waals surface area (Å²) >= 11 is 0. The van der Waals surface area contributed by atoms with Crippen LogP contribution < -0.4 is 0 Å². The fourth-order valence-corrected chi connectivity index (χ4v) is 1.34. The Morgan fingerprint density at radius 2 is 2.00 bits per heavy atom. The smallest absolute Gasteiger partial charge is 0.107 e. The molecule has 0 aliphatic heterocycles. The summed E-state index contributed by atoms with van der Waals surface area (Å²) in [6, 6.07) is 6.11. The minimum absolute atomic E-state index is 0.983. The Hall–Kier alpha value is -1.38. The van der Waals surface area contributed by atoms with Gasteiger partial charge < -0.3 is 0 Å². The highest BCUT2D eigenvalue weighted by atomic mass is 14.8. The molecule has 0 saturated heterocycles. The molecule has 2 aromatic rings. The summed E-state index contributed by atoms with van der Waals surface area (Å²) in [5.74, 6) is 0. The summed E-state index contributed by atoms with van der Waals surface area (Å²) in [7, 11) is 2.13. The molecule has 2 nitrogen and oxygen atoms in total. The summed E-state index contributed by atoms with van der Waals surface area (Å²) < 4.78 is 0. The molecule has 0 aliphatic carbocycles. The monoisotopic (exact) mass is 156 g/mol. The van der Waals surface area contributed by atoms with Gasteiger partial charge in [-0.1, -0.05) is 18.5 Å². The lowest BCUT2D eigenvalue weighted by molar-refractivity contribution is 1.26. The van der Waals surface area contributed by atoms with Crippen molar-refractivity contribution in [3.05, 3.63) is 36.2 Å². The summed E-state index contributed by atoms with van der Waals surface area (Å²) in [5.41, 5.74) is 3.28. The maximum Gasteiger partial charge on any atom is 0.107 e. The highest BCUT2D eigenvalue weighted by Gasteiger charge is 1.98. The first-order chi connectivity index (χ1) is 5.92. The van der Waals surface area contributed by atoms with Crippen LogP contribution in [-0.4, -0.2) is 17.8 Å². The third-order valence-electron chi connectivity index (χ3n) is 1.96. The van der Waals surface area contributed by atoms with Gasteiger partial charge in [0.05, 0.1) is 11.0 Å². The van der Waals surface area contributed by atoms with E-state index in [1.807, 2.05) is 12.1 Å². The molecular weight excluding hydrogens is 147 g/mol. The molecule has 0 unspecified atom stereocenters. The van der Waals surface area contributed by atoms with Gasteiger partial charge in [-0.2, -0.15) is 0 Å². The molecule has 0 amide bonds. The first-order valence-electron chi connectivity index (χ1n) is 4.10. The molecule has 3 heteroatoms. The second kappa shape index (κ2) is 2.93. The van der Waals surface area contributed by atoms with Crippen molar-refractivity contribution < 1.29 is 0 Å². The van der Waals surface area contributed by atoms with Gasteiger partial charge in [0.15, 0.2) is 0 Å². The Labute approximate surface area is 72.1 Å². The van der Waals surface area contributed by atoms with Crippen molar-refractivity contribution in [2.24, 2.45) is 0 Å². The Morgan fingerprint density at radius 3 is 2.83 bits per heavy atom. The summed E-state index contributed by atoms with van der Waals surface area (Å²) in [6.07, 6.45) is 4.47. The summed E-state index contributed by atoms with van der Waals surface area (Å²) in [4.78, 5) is 8.52. The fourth-order valence-electron chi connectivity index (χ4n) is 1.34. The topological polar surface area (TPSA) is 25.8 Å². The molecule has 12 heavy (non-hydrogen) atoms. The van der Waals surface area contributed by atoms with Crippen molar-refractivity contribution in [1.29, 1.82) is 0 Å². The molecular formula is C9H9BN2. The number of benzene rings is 1. The van der Waals surface area contributed by atoms with Crippen LogP contribution in [0.4, 0.5) is 0 Å². The van der Waals surface area contributed by atoms with Crippen LogP contribution in [0.2, 0.25) is 0 Å². The van der Waals surface area contributed by atoms with E-state index in [9.17, 15) is 0 Å². The molecule has 1 aromatic heterocycles. The molecule has 0 aliphatic rings. The van der Waals surface area contributed by atoms with Crippen molar-refractivity contribution in [3.63, 3.8) is 0 Å². The van der Waals surface area contributed by atoms with Crippen LogP contribution in [0, 0.1) is 0 Å². The van der Waals surface area contributed by atoms with E-state index in [1.165, 1.54) is 5.56 Å². The minimum Gasteiger partial charge on any atom is -0.253 e. The maximum absolute atomic E-state index is 4.29. The van der Waals surface area contributed by atoms with E-state index in [0.29, 0.717) is 0 Å². The molecule has 0 radical (unpaired) electrons. The van der Waals surface area contributed by atoms with Gasteiger partial charge in [-0.15, -0.1) is 0 Å². The van der Waals surface area contributed by atoms with Gasteiger partial charge in [0.2, 0.25) is 0 Å².